The number of carbonyl (C=O) groups is 3. The summed E-state index contributed by atoms with van der Waals surface area (Å²) >= 11 is 0. The van der Waals surface area contributed by atoms with Crippen LogP contribution in [-0.2, 0) is 22.6 Å². The van der Waals surface area contributed by atoms with Gasteiger partial charge in [-0.25, -0.2) is 4.98 Å². The zero-order chi connectivity index (χ0) is 30.2. The Morgan fingerprint density at radius 3 is 2.70 bits per heavy atom. The Morgan fingerprint density at radius 2 is 1.91 bits per heavy atom. The predicted octanol–water partition coefficient (Wildman–Crippen LogP) is 2.01. The molecule has 0 saturated carbocycles. The van der Waals surface area contributed by atoms with Crippen molar-refractivity contribution in [2.24, 2.45) is 11.8 Å². The SMILES string of the molecule is CCN(CC)C(=O)C[C@@H]1CCN2C[C@@H]1CCOc1ncccc1C(=O)N[C@H](Cc1cn(CCN3CCCCC3)nn1)C2=O. The number of pyridine rings is 1. The molecule has 5 heterocycles. The van der Waals surface area contributed by atoms with E-state index in [0.29, 0.717) is 56.9 Å². The van der Waals surface area contributed by atoms with Crippen molar-refractivity contribution < 1.29 is 19.1 Å². The van der Waals surface area contributed by atoms with Crippen molar-refractivity contribution in [2.45, 2.75) is 71.4 Å². The molecule has 2 bridgehead atoms. The highest BCUT2D eigenvalue weighted by molar-refractivity contribution is 5.99. The lowest BCUT2D eigenvalue weighted by Crippen LogP contribution is -2.54. The molecule has 0 spiro atoms. The molecular weight excluding hydrogens is 548 g/mol. The molecule has 3 aliphatic heterocycles. The molecule has 3 amide bonds. The number of fused-ring (bicyclic) bond motifs is 3. The van der Waals surface area contributed by atoms with E-state index in [4.69, 9.17) is 4.74 Å². The van der Waals surface area contributed by atoms with E-state index in [1.54, 1.807) is 18.3 Å². The summed E-state index contributed by atoms with van der Waals surface area (Å²) in [5.41, 5.74) is 0.947. The topological polar surface area (TPSA) is 126 Å². The van der Waals surface area contributed by atoms with E-state index in [9.17, 15) is 14.4 Å². The summed E-state index contributed by atoms with van der Waals surface area (Å²) in [4.78, 5) is 50.9. The molecule has 1 N–H and O–H groups in total. The molecule has 234 valence electrons. The standard InChI is InChI=1S/C31H46N8O4/c1-3-37(4-2)28(40)19-23-10-15-38-21-24(23)11-18-43-30-26(9-8-12-32-30)29(41)33-27(31(38)42)20-25-22-39(35-34-25)17-16-36-13-6-5-7-14-36/h8-9,12,22-24,27H,3-7,10-11,13-21H2,1-2H3,(H,33,41)/t23-,24-,27+/m0/s1. The van der Waals surface area contributed by atoms with Crippen LogP contribution in [0.1, 0.15) is 68.4 Å². The number of likely N-dealkylation sites (tertiary alicyclic amines) is 1. The van der Waals surface area contributed by atoms with Crippen molar-refractivity contribution in [1.29, 1.82) is 0 Å². The fraction of sp³-hybridized carbons (Fsp3) is 0.677. The molecule has 12 nitrogen and oxygen atoms in total. The summed E-state index contributed by atoms with van der Waals surface area (Å²) in [5.74, 6) is 0.106. The van der Waals surface area contributed by atoms with E-state index in [2.05, 4.69) is 25.5 Å². The Hall–Kier alpha value is -3.54. The highest BCUT2D eigenvalue weighted by Crippen LogP contribution is 2.31. The zero-order valence-electron chi connectivity index (χ0n) is 25.6. The minimum atomic E-state index is -0.818. The summed E-state index contributed by atoms with van der Waals surface area (Å²) in [6.07, 6.45) is 9.33. The van der Waals surface area contributed by atoms with Gasteiger partial charge in [-0.1, -0.05) is 11.6 Å². The van der Waals surface area contributed by atoms with Crippen LogP contribution in [0.2, 0.25) is 0 Å². The van der Waals surface area contributed by atoms with E-state index in [0.717, 1.165) is 32.6 Å². The van der Waals surface area contributed by atoms with Crippen molar-refractivity contribution in [3.05, 3.63) is 35.8 Å². The quantitative estimate of drug-likeness (QED) is 0.468. The molecule has 12 heteroatoms. The zero-order valence-corrected chi connectivity index (χ0v) is 25.6. The molecule has 5 rings (SSSR count). The van der Waals surface area contributed by atoms with Crippen LogP contribution in [0, 0.1) is 11.8 Å². The second kappa shape index (κ2) is 14.8. The third kappa shape index (κ3) is 7.90. The number of nitrogens with zero attached hydrogens (tertiary/aromatic N) is 7. The number of nitrogens with one attached hydrogen (secondary N) is 1. The molecule has 3 atom stereocenters. The third-order valence-corrected chi connectivity index (χ3v) is 9.20. The molecule has 43 heavy (non-hydrogen) atoms. The van der Waals surface area contributed by atoms with Crippen LogP contribution in [0.15, 0.2) is 24.5 Å². The van der Waals surface area contributed by atoms with E-state index in [1.807, 2.05) is 34.5 Å². The van der Waals surface area contributed by atoms with Crippen molar-refractivity contribution in [3.63, 3.8) is 0 Å². The van der Waals surface area contributed by atoms with Crippen LogP contribution in [0.3, 0.4) is 0 Å². The van der Waals surface area contributed by atoms with Gasteiger partial charge in [-0.15, -0.1) is 5.10 Å². The van der Waals surface area contributed by atoms with Crippen molar-refractivity contribution >= 4 is 17.7 Å². The average molecular weight is 595 g/mol. The van der Waals surface area contributed by atoms with Crippen molar-refractivity contribution in [1.82, 2.24) is 40.0 Å². The monoisotopic (exact) mass is 594 g/mol. The van der Waals surface area contributed by atoms with Crippen LogP contribution >= 0.6 is 0 Å². The second-order valence-corrected chi connectivity index (χ2v) is 12.0. The summed E-state index contributed by atoms with van der Waals surface area (Å²) in [5, 5.41) is 11.6. The smallest absolute Gasteiger partial charge is 0.257 e. The number of rotatable bonds is 9. The van der Waals surface area contributed by atoms with Crippen LogP contribution < -0.4 is 10.1 Å². The third-order valence-electron chi connectivity index (χ3n) is 9.20. The number of aromatic nitrogens is 4. The Bertz CT molecular complexity index is 1240. The molecular formula is C31H46N8O4. The number of amides is 3. The number of carbonyl (C=O) groups excluding carboxylic acids is 3. The van der Waals surface area contributed by atoms with E-state index >= 15 is 0 Å². The number of hydrogen-bond acceptors (Lipinski definition) is 8. The van der Waals surface area contributed by atoms with Gasteiger partial charge in [0.2, 0.25) is 17.7 Å². The normalized spacial score (nSPS) is 23.4. The molecule has 0 aromatic carbocycles. The molecule has 2 fully saturated rings. The maximum Gasteiger partial charge on any atom is 0.257 e. The molecule has 2 saturated heterocycles. The maximum atomic E-state index is 14.0. The van der Waals surface area contributed by atoms with Gasteiger partial charge in [-0.2, -0.15) is 0 Å². The van der Waals surface area contributed by atoms with Crippen molar-refractivity contribution in [3.8, 4) is 5.88 Å². The summed E-state index contributed by atoms with van der Waals surface area (Å²) < 4.78 is 7.85. The molecule has 0 unspecified atom stereocenters. The van der Waals surface area contributed by atoms with Gasteiger partial charge in [0, 0.05) is 58.0 Å². The number of piperidine rings is 2. The predicted molar refractivity (Wildman–Crippen MR) is 160 cm³/mol. The number of ether oxygens (including phenoxy) is 1. The van der Waals surface area contributed by atoms with Gasteiger partial charge in [0.1, 0.15) is 11.6 Å². The molecule has 0 radical (unpaired) electrons. The first-order valence-electron chi connectivity index (χ1n) is 16.0. The van der Waals surface area contributed by atoms with Gasteiger partial charge in [-0.3, -0.25) is 19.1 Å². The maximum absolute atomic E-state index is 14.0. The van der Waals surface area contributed by atoms with E-state index in [-0.39, 0.29) is 36.0 Å². The van der Waals surface area contributed by atoms with Gasteiger partial charge in [-0.05, 0) is 76.6 Å². The Balaban J connectivity index is 1.33. The second-order valence-electron chi connectivity index (χ2n) is 12.0. The highest BCUT2D eigenvalue weighted by Gasteiger charge is 2.37. The van der Waals surface area contributed by atoms with Crippen LogP contribution in [-0.4, -0.2) is 111 Å². The number of hydrogen-bond donors (Lipinski definition) is 1. The lowest BCUT2D eigenvalue weighted by molar-refractivity contribution is -0.137. The van der Waals surface area contributed by atoms with Crippen LogP contribution in [0.25, 0.3) is 0 Å². The minimum absolute atomic E-state index is 0.0933. The first kappa shape index (κ1) is 30.9. The van der Waals surface area contributed by atoms with Crippen molar-refractivity contribution in [2.75, 3.05) is 52.4 Å². The Labute approximate surface area is 254 Å². The fourth-order valence-corrected chi connectivity index (χ4v) is 6.63. The summed E-state index contributed by atoms with van der Waals surface area (Å²) in [6.45, 7) is 10.7. The first-order chi connectivity index (χ1) is 20.9. The fourth-order valence-electron chi connectivity index (χ4n) is 6.63. The van der Waals surface area contributed by atoms with Gasteiger partial charge < -0.3 is 24.8 Å². The van der Waals surface area contributed by atoms with Crippen LogP contribution in [0.4, 0.5) is 0 Å². The lowest BCUT2D eigenvalue weighted by atomic mass is 9.80. The van der Waals surface area contributed by atoms with Gasteiger partial charge >= 0.3 is 0 Å². The molecule has 2 aromatic rings. The molecule has 2 aromatic heterocycles. The highest BCUT2D eigenvalue weighted by atomic mass is 16.5. The van der Waals surface area contributed by atoms with Gasteiger partial charge in [0.15, 0.2) is 0 Å². The van der Waals surface area contributed by atoms with E-state index in [1.165, 1.54) is 19.3 Å². The molecule has 0 aliphatic carbocycles. The minimum Gasteiger partial charge on any atom is -0.477 e. The summed E-state index contributed by atoms with van der Waals surface area (Å²) in [7, 11) is 0. The Kier molecular flexibility index (Phi) is 10.6. The van der Waals surface area contributed by atoms with Gasteiger partial charge in [0.05, 0.1) is 18.8 Å². The molecule has 3 aliphatic rings. The van der Waals surface area contributed by atoms with Crippen LogP contribution in [0.5, 0.6) is 5.88 Å². The summed E-state index contributed by atoms with van der Waals surface area (Å²) in [6, 6.07) is 2.53. The average Bonchev–Trinajstić information content (AvgIpc) is 3.48. The lowest BCUT2D eigenvalue weighted by Gasteiger charge is -2.40. The largest absolute Gasteiger partial charge is 0.477 e. The Morgan fingerprint density at radius 1 is 1.09 bits per heavy atom. The van der Waals surface area contributed by atoms with Gasteiger partial charge in [0.25, 0.3) is 5.91 Å². The first-order valence-corrected chi connectivity index (χ1v) is 16.0. The van der Waals surface area contributed by atoms with E-state index < -0.39 is 11.9 Å².